The predicted molar refractivity (Wildman–Crippen MR) is 69.1 cm³/mol. The lowest BCUT2D eigenvalue weighted by Gasteiger charge is -2.48. The number of aryl methyl sites for hydroxylation is 1. The van der Waals surface area contributed by atoms with Crippen molar-refractivity contribution in [3.63, 3.8) is 0 Å². The molecule has 1 aromatic carbocycles. The third-order valence-electron chi connectivity index (χ3n) is 4.75. The molecule has 0 aromatic heterocycles. The first kappa shape index (κ1) is 10.7. The molecule has 0 radical (unpaired) electrons. The molecule has 86 valence electrons. The number of hydrogen-bond acceptors (Lipinski definition) is 0. The van der Waals surface area contributed by atoms with Crippen LogP contribution in [-0.4, -0.2) is 5.88 Å². The van der Waals surface area contributed by atoms with Crippen LogP contribution < -0.4 is 0 Å². The standard InChI is InChI=1S/C15H19Cl/c16-11-15(13-7-3-8-13)10-4-6-12-5-1-2-9-14(12)15/h1-2,5,9,13H,3-4,6-8,10-11H2. The number of hydrogen-bond donors (Lipinski definition) is 0. The maximum atomic E-state index is 6.37. The summed E-state index contributed by atoms with van der Waals surface area (Å²) in [5.74, 6) is 1.67. The highest BCUT2D eigenvalue weighted by Crippen LogP contribution is 2.50. The van der Waals surface area contributed by atoms with E-state index in [4.69, 9.17) is 11.6 Å². The highest BCUT2D eigenvalue weighted by atomic mass is 35.5. The molecule has 1 heteroatoms. The van der Waals surface area contributed by atoms with Gasteiger partial charge in [0, 0.05) is 11.3 Å². The van der Waals surface area contributed by atoms with E-state index in [1.54, 1.807) is 11.1 Å². The molecule has 0 nitrogen and oxygen atoms in total. The van der Waals surface area contributed by atoms with Crippen LogP contribution in [0.2, 0.25) is 0 Å². The molecule has 0 aliphatic heterocycles. The van der Waals surface area contributed by atoms with E-state index in [0.717, 1.165) is 11.8 Å². The van der Waals surface area contributed by atoms with Gasteiger partial charge in [-0.05, 0) is 49.1 Å². The van der Waals surface area contributed by atoms with Gasteiger partial charge in [-0.2, -0.15) is 0 Å². The Hall–Kier alpha value is -0.490. The number of benzene rings is 1. The predicted octanol–water partition coefficient (Wildman–Crippen LogP) is 4.30. The monoisotopic (exact) mass is 234 g/mol. The van der Waals surface area contributed by atoms with Crippen LogP contribution in [0.5, 0.6) is 0 Å². The van der Waals surface area contributed by atoms with E-state index in [1.165, 1.54) is 38.5 Å². The summed E-state index contributed by atoms with van der Waals surface area (Å²) < 4.78 is 0. The summed E-state index contributed by atoms with van der Waals surface area (Å²) in [6.07, 6.45) is 8.06. The third-order valence-corrected chi connectivity index (χ3v) is 5.22. The molecule has 0 amide bonds. The van der Waals surface area contributed by atoms with Crippen LogP contribution in [0.1, 0.15) is 43.2 Å². The minimum Gasteiger partial charge on any atom is -0.126 e. The van der Waals surface area contributed by atoms with Crippen LogP contribution in [0.15, 0.2) is 24.3 Å². The topological polar surface area (TPSA) is 0 Å². The lowest BCUT2D eigenvalue weighted by Crippen LogP contribution is -2.43. The number of fused-ring (bicyclic) bond motifs is 1. The summed E-state index contributed by atoms with van der Waals surface area (Å²) in [5, 5.41) is 0. The zero-order valence-electron chi connectivity index (χ0n) is 9.71. The summed E-state index contributed by atoms with van der Waals surface area (Å²) >= 11 is 6.37. The molecular formula is C15H19Cl. The van der Waals surface area contributed by atoms with Crippen molar-refractivity contribution in [3.05, 3.63) is 35.4 Å². The smallest absolute Gasteiger partial charge is 0.0323 e. The average Bonchev–Trinajstić information content (AvgIpc) is 2.27. The normalized spacial score (nSPS) is 29.6. The van der Waals surface area contributed by atoms with Crippen LogP contribution in [0.4, 0.5) is 0 Å². The molecule has 1 atom stereocenters. The zero-order chi connectivity index (χ0) is 11.0. The highest BCUT2D eigenvalue weighted by Gasteiger charge is 2.44. The Balaban J connectivity index is 2.06. The molecule has 1 unspecified atom stereocenters. The van der Waals surface area contributed by atoms with E-state index in [9.17, 15) is 0 Å². The Morgan fingerprint density at radius 2 is 2.00 bits per heavy atom. The summed E-state index contributed by atoms with van der Waals surface area (Å²) in [6, 6.07) is 8.98. The lowest BCUT2D eigenvalue weighted by atomic mass is 9.58. The first-order valence-electron chi connectivity index (χ1n) is 6.51. The maximum Gasteiger partial charge on any atom is 0.0323 e. The van der Waals surface area contributed by atoms with Gasteiger partial charge < -0.3 is 0 Å². The van der Waals surface area contributed by atoms with Gasteiger partial charge in [0.05, 0.1) is 0 Å². The van der Waals surface area contributed by atoms with Gasteiger partial charge in [-0.1, -0.05) is 30.7 Å². The third kappa shape index (κ3) is 1.43. The molecular weight excluding hydrogens is 216 g/mol. The van der Waals surface area contributed by atoms with Crippen molar-refractivity contribution >= 4 is 11.6 Å². The zero-order valence-corrected chi connectivity index (χ0v) is 10.5. The second-order valence-corrected chi connectivity index (χ2v) is 5.70. The average molecular weight is 235 g/mol. The first-order chi connectivity index (χ1) is 7.87. The quantitative estimate of drug-likeness (QED) is 0.670. The summed E-state index contributed by atoms with van der Waals surface area (Å²) in [4.78, 5) is 0. The Labute approximate surface area is 103 Å². The van der Waals surface area contributed by atoms with E-state index in [-0.39, 0.29) is 0 Å². The molecule has 0 N–H and O–H groups in total. The Bertz CT molecular complexity index is 381. The molecule has 0 bridgehead atoms. The molecule has 0 heterocycles. The Morgan fingerprint density at radius 1 is 1.19 bits per heavy atom. The molecule has 1 fully saturated rings. The summed E-state index contributed by atoms with van der Waals surface area (Å²) in [7, 11) is 0. The minimum atomic E-state index is 0.314. The molecule has 16 heavy (non-hydrogen) atoms. The van der Waals surface area contributed by atoms with E-state index in [1.807, 2.05) is 0 Å². The van der Waals surface area contributed by atoms with Crippen molar-refractivity contribution in [2.24, 2.45) is 5.92 Å². The molecule has 1 saturated carbocycles. The SMILES string of the molecule is ClCC1(C2CCC2)CCCc2ccccc21. The summed E-state index contributed by atoms with van der Waals surface area (Å²) in [6.45, 7) is 0. The van der Waals surface area contributed by atoms with E-state index in [0.29, 0.717) is 5.41 Å². The van der Waals surface area contributed by atoms with Crippen molar-refractivity contribution < 1.29 is 0 Å². The van der Waals surface area contributed by atoms with E-state index >= 15 is 0 Å². The van der Waals surface area contributed by atoms with Gasteiger partial charge in [-0.25, -0.2) is 0 Å². The van der Waals surface area contributed by atoms with Crippen LogP contribution in [0.3, 0.4) is 0 Å². The highest BCUT2D eigenvalue weighted by molar-refractivity contribution is 6.18. The fraction of sp³-hybridized carbons (Fsp3) is 0.600. The van der Waals surface area contributed by atoms with Crippen molar-refractivity contribution in [1.82, 2.24) is 0 Å². The Morgan fingerprint density at radius 3 is 2.69 bits per heavy atom. The van der Waals surface area contributed by atoms with Gasteiger partial charge in [-0.3, -0.25) is 0 Å². The van der Waals surface area contributed by atoms with Crippen molar-refractivity contribution in [2.75, 3.05) is 5.88 Å². The van der Waals surface area contributed by atoms with E-state index < -0.39 is 0 Å². The number of rotatable bonds is 2. The van der Waals surface area contributed by atoms with E-state index in [2.05, 4.69) is 24.3 Å². The van der Waals surface area contributed by atoms with Crippen LogP contribution in [0.25, 0.3) is 0 Å². The Kier molecular flexibility index (Phi) is 2.71. The molecule has 3 rings (SSSR count). The van der Waals surface area contributed by atoms with Crippen molar-refractivity contribution in [1.29, 1.82) is 0 Å². The van der Waals surface area contributed by atoms with Crippen LogP contribution in [-0.2, 0) is 11.8 Å². The summed E-state index contributed by atoms with van der Waals surface area (Å²) in [5.41, 5.74) is 3.44. The van der Waals surface area contributed by atoms with Gasteiger partial charge in [-0.15, -0.1) is 11.6 Å². The largest absolute Gasteiger partial charge is 0.126 e. The van der Waals surface area contributed by atoms with Gasteiger partial charge in [0.2, 0.25) is 0 Å². The molecule has 2 aliphatic carbocycles. The second-order valence-electron chi connectivity index (χ2n) is 5.43. The fourth-order valence-corrected chi connectivity index (χ4v) is 4.08. The molecule has 2 aliphatic rings. The fourth-order valence-electron chi connectivity index (χ4n) is 3.59. The number of alkyl halides is 1. The van der Waals surface area contributed by atoms with Crippen molar-refractivity contribution in [2.45, 2.75) is 43.9 Å². The first-order valence-corrected chi connectivity index (χ1v) is 7.04. The molecule has 1 aromatic rings. The lowest BCUT2D eigenvalue weighted by molar-refractivity contribution is 0.160. The van der Waals surface area contributed by atoms with Gasteiger partial charge in [0.15, 0.2) is 0 Å². The van der Waals surface area contributed by atoms with Gasteiger partial charge in [0.25, 0.3) is 0 Å². The second kappa shape index (κ2) is 4.07. The van der Waals surface area contributed by atoms with Crippen LogP contribution >= 0.6 is 11.6 Å². The van der Waals surface area contributed by atoms with Crippen molar-refractivity contribution in [3.8, 4) is 0 Å². The molecule has 0 saturated heterocycles. The molecule has 0 spiro atoms. The van der Waals surface area contributed by atoms with Gasteiger partial charge in [0.1, 0.15) is 0 Å². The van der Waals surface area contributed by atoms with Gasteiger partial charge >= 0.3 is 0 Å². The van der Waals surface area contributed by atoms with Crippen LogP contribution in [0, 0.1) is 5.92 Å². The maximum absolute atomic E-state index is 6.37. The minimum absolute atomic E-state index is 0.314. The number of halogens is 1.